The Labute approximate surface area is 87.7 Å². The van der Waals surface area contributed by atoms with Crippen molar-refractivity contribution in [2.45, 2.75) is 58.2 Å². The summed E-state index contributed by atoms with van der Waals surface area (Å²) in [4.78, 5) is 2.34. The zero-order valence-electron chi connectivity index (χ0n) is 10.3. The van der Waals surface area contributed by atoms with E-state index in [0.717, 1.165) is 6.42 Å². The molecule has 0 saturated carbocycles. The zero-order valence-corrected chi connectivity index (χ0v) is 10.3. The Balaban J connectivity index is 2.98. The van der Waals surface area contributed by atoms with Crippen molar-refractivity contribution >= 4 is 0 Å². The van der Waals surface area contributed by atoms with Gasteiger partial charge in [0.2, 0.25) is 0 Å². The molecule has 0 radical (unpaired) electrons. The fourth-order valence-corrected chi connectivity index (χ4v) is 2.66. The minimum absolute atomic E-state index is 0.0308. The van der Waals surface area contributed by atoms with Gasteiger partial charge in [0.05, 0.1) is 0 Å². The van der Waals surface area contributed by atoms with Gasteiger partial charge in [-0.1, -0.05) is 6.92 Å². The van der Waals surface area contributed by atoms with E-state index in [9.17, 15) is 5.21 Å². The lowest BCUT2D eigenvalue weighted by atomic mass is 9.82. The molecule has 0 N–H and O–H groups in total. The maximum atomic E-state index is 11.9. The second-order valence-electron chi connectivity index (χ2n) is 5.52. The topological polar surface area (TPSA) is 29.5 Å². The highest BCUT2D eigenvalue weighted by Gasteiger charge is 2.44. The Morgan fingerprint density at radius 1 is 1.29 bits per heavy atom. The minimum Gasteiger partial charge on any atom is -0.785 e. The minimum atomic E-state index is -0.0434. The van der Waals surface area contributed by atoms with Crippen LogP contribution in [0.15, 0.2) is 0 Å². The van der Waals surface area contributed by atoms with E-state index in [-0.39, 0.29) is 17.1 Å². The van der Waals surface area contributed by atoms with Gasteiger partial charge in [0.1, 0.15) is 0 Å². The largest absolute Gasteiger partial charge is 0.785 e. The number of piperazine rings is 1. The van der Waals surface area contributed by atoms with Crippen LogP contribution in [-0.4, -0.2) is 40.7 Å². The highest BCUT2D eigenvalue weighted by atomic mass is 16.5. The van der Waals surface area contributed by atoms with E-state index < -0.39 is 0 Å². The number of hydroxylamine groups is 2. The smallest absolute Gasteiger partial charge is 0.0302 e. The van der Waals surface area contributed by atoms with Crippen LogP contribution in [-0.2, 0) is 0 Å². The van der Waals surface area contributed by atoms with Gasteiger partial charge in [0, 0.05) is 23.7 Å². The number of nitrogens with zero attached hydrogens (tertiary/aromatic N) is 2. The molecule has 0 aromatic heterocycles. The average molecular weight is 199 g/mol. The summed E-state index contributed by atoms with van der Waals surface area (Å²) in [6, 6.07) is 0.112. The second-order valence-corrected chi connectivity index (χ2v) is 5.52. The molecule has 0 aromatic rings. The van der Waals surface area contributed by atoms with Gasteiger partial charge in [-0.25, -0.2) is 0 Å². The third-order valence-electron chi connectivity index (χ3n) is 3.87. The van der Waals surface area contributed by atoms with Crippen molar-refractivity contribution in [1.82, 2.24) is 9.96 Å². The van der Waals surface area contributed by atoms with Gasteiger partial charge in [0.15, 0.2) is 0 Å². The monoisotopic (exact) mass is 199 g/mol. The molecule has 14 heavy (non-hydrogen) atoms. The predicted molar refractivity (Wildman–Crippen MR) is 60.1 cm³/mol. The zero-order chi connectivity index (χ0) is 11.1. The molecule has 1 aliphatic rings. The first-order chi connectivity index (χ1) is 6.23. The first-order valence-electron chi connectivity index (χ1n) is 5.41. The molecule has 1 saturated heterocycles. The van der Waals surface area contributed by atoms with Crippen LogP contribution in [0.5, 0.6) is 0 Å². The summed E-state index contributed by atoms with van der Waals surface area (Å²) in [7, 11) is 2.12. The van der Waals surface area contributed by atoms with E-state index in [4.69, 9.17) is 0 Å². The first-order valence-corrected chi connectivity index (χ1v) is 5.41. The Kier molecular flexibility index (Phi) is 2.96. The summed E-state index contributed by atoms with van der Waals surface area (Å²) in [5, 5.41) is 13.2. The van der Waals surface area contributed by atoms with Gasteiger partial charge in [-0.2, -0.15) is 0 Å². The Morgan fingerprint density at radius 3 is 2.21 bits per heavy atom. The van der Waals surface area contributed by atoms with Crippen molar-refractivity contribution in [2.75, 3.05) is 13.6 Å². The highest BCUT2D eigenvalue weighted by molar-refractivity contribution is 5.05. The summed E-state index contributed by atoms with van der Waals surface area (Å²) in [5.74, 6) is 0. The van der Waals surface area contributed by atoms with Crippen molar-refractivity contribution in [2.24, 2.45) is 0 Å². The van der Waals surface area contributed by atoms with Crippen LogP contribution < -0.4 is 0 Å². The molecule has 1 atom stereocenters. The van der Waals surface area contributed by atoms with Crippen molar-refractivity contribution in [3.05, 3.63) is 5.21 Å². The van der Waals surface area contributed by atoms with Crippen LogP contribution in [0.4, 0.5) is 0 Å². The summed E-state index contributed by atoms with van der Waals surface area (Å²) in [6.45, 7) is 11.3. The molecule has 0 aromatic carbocycles. The van der Waals surface area contributed by atoms with E-state index >= 15 is 0 Å². The number of likely N-dealkylation sites (N-methyl/N-ethyl adjacent to an activating group) is 1. The summed E-state index contributed by atoms with van der Waals surface area (Å²) < 4.78 is 0. The van der Waals surface area contributed by atoms with Crippen LogP contribution in [0.25, 0.3) is 0 Å². The molecule has 0 amide bonds. The molecular weight excluding hydrogens is 176 g/mol. The number of hydrogen-bond acceptors (Lipinski definition) is 3. The maximum absolute atomic E-state index is 11.9. The first kappa shape index (κ1) is 12.0. The average Bonchev–Trinajstić information content (AvgIpc) is 2.00. The fourth-order valence-electron chi connectivity index (χ4n) is 2.66. The van der Waals surface area contributed by atoms with Crippen LogP contribution in [0.3, 0.4) is 0 Å². The second kappa shape index (κ2) is 3.47. The van der Waals surface area contributed by atoms with E-state index in [1.807, 2.05) is 0 Å². The quantitative estimate of drug-likeness (QED) is 0.647. The molecule has 1 fully saturated rings. The molecule has 1 rings (SSSR count). The van der Waals surface area contributed by atoms with Gasteiger partial charge < -0.3 is 10.3 Å². The van der Waals surface area contributed by atoms with Gasteiger partial charge in [-0.3, -0.25) is 4.90 Å². The molecule has 0 spiro atoms. The summed E-state index contributed by atoms with van der Waals surface area (Å²) in [5.41, 5.74) is -0.0742. The Hall–Kier alpha value is -0.120. The van der Waals surface area contributed by atoms with E-state index in [0.29, 0.717) is 6.54 Å². The van der Waals surface area contributed by atoms with Gasteiger partial charge >= 0.3 is 0 Å². The molecule has 3 nitrogen and oxygen atoms in total. The third-order valence-corrected chi connectivity index (χ3v) is 3.87. The van der Waals surface area contributed by atoms with Gasteiger partial charge in [-0.15, -0.1) is 0 Å². The van der Waals surface area contributed by atoms with Crippen molar-refractivity contribution in [1.29, 1.82) is 0 Å². The molecule has 0 aliphatic carbocycles. The van der Waals surface area contributed by atoms with E-state index in [1.165, 1.54) is 5.06 Å². The normalized spacial score (nSPS) is 33.2. The molecule has 0 bridgehead atoms. The summed E-state index contributed by atoms with van der Waals surface area (Å²) >= 11 is 0. The van der Waals surface area contributed by atoms with Crippen LogP contribution in [0.1, 0.15) is 41.0 Å². The van der Waals surface area contributed by atoms with Gasteiger partial charge in [-0.05, 0) is 41.2 Å². The van der Waals surface area contributed by atoms with Crippen molar-refractivity contribution < 1.29 is 0 Å². The Bertz CT molecular complexity index is 209. The lowest BCUT2D eigenvalue weighted by Gasteiger charge is -2.62. The lowest BCUT2D eigenvalue weighted by Crippen LogP contribution is -2.70. The van der Waals surface area contributed by atoms with Crippen LogP contribution >= 0.6 is 0 Å². The molecule has 1 heterocycles. The standard InChI is InChI=1S/C11H23N2O/c1-7-9-11(4,5)12(6)10(2,3)8-13(9)14/h9H,7-8H2,1-6H3/q-1. The maximum Gasteiger partial charge on any atom is 0.0302 e. The van der Waals surface area contributed by atoms with Crippen LogP contribution in [0, 0.1) is 5.21 Å². The lowest BCUT2D eigenvalue weighted by molar-refractivity contribution is -0.0745. The number of hydrogen-bond donors (Lipinski definition) is 0. The van der Waals surface area contributed by atoms with Crippen molar-refractivity contribution in [3.63, 3.8) is 0 Å². The Morgan fingerprint density at radius 2 is 1.79 bits per heavy atom. The molecular formula is C11H23N2O-. The third kappa shape index (κ3) is 1.69. The van der Waals surface area contributed by atoms with Crippen molar-refractivity contribution in [3.8, 4) is 0 Å². The molecule has 84 valence electrons. The fraction of sp³-hybridized carbons (Fsp3) is 1.00. The van der Waals surface area contributed by atoms with E-state index in [1.54, 1.807) is 0 Å². The van der Waals surface area contributed by atoms with Crippen LogP contribution in [0.2, 0.25) is 0 Å². The SMILES string of the molecule is CCC1N([O-])CC(C)(C)N(C)C1(C)C. The highest BCUT2D eigenvalue weighted by Crippen LogP contribution is 2.35. The molecule has 3 heteroatoms. The van der Waals surface area contributed by atoms with E-state index in [2.05, 4.69) is 46.6 Å². The number of rotatable bonds is 1. The molecule has 1 unspecified atom stereocenters. The summed E-state index contributed by atoms with van der Waals surface area (Å²) in [6.07, 6.45) is 0.914. The van der Waals surface area contributed by atoms with Gasteiger partial charge in [0.25, 0.3) is 0 Å². The molecule has 1 aliphatic heterocycles. The predicted octanol–water partition coefficient (Wildman–Crippen LogP) is 2.07.